The third-order valence-corrected chi connectivity index (χ3v) is 6.12. The number of hydrazone groups is 1. The van der Waals surface area contributed by atoms with E-state index in [9.17, 15) is 19.7 Å². The van der Waals surface area contributed by atoms with Gasteiger partial charge in [0.15, 0.2) is 0 Å². The fourth-order valence-corrected chi connectivity index (χ4v) is 4.68. The molecule has 8 nitrogen and oxygen atoms in total. The van der Waals surface area contributed by atoms with Crippen molar-refractivity contribution in [3.63, 3.8) is 0 Å². The Hall–Kier alpha value is -3.26. The molecular formula is C20H14ClN3O5. The molecule has 146 valence electrons. The largest absolute Gasteiger partial charge is 0.455 e. The lowest BCUT2D eigenvalue weighted by Crippen LogP contribution is -2.28. The summed E-state index contributed by atoms with van der Waals surface area (Å²) in [4.78, 5) is 35.7. The highest BCUT2D eigenvalue weighted by molar-refractivity contribution is 6.32. The Morgan fingerprint density at radius 2 is 1.83 bits per heavy atom. The van der Waals surface area contributed by atoms with Crippen LogP contribution in [0.15, 0.2) is 52.0 Å². The van der Waals surface area contributed by atoms with E-state index in [0.717, 1.165) is 11.4 Å². The number of carbonyl (C=O) groups is 2. The van der Waals surface area contributed by atoms with Crippen LogP contribution in [0, 0.1) is 33.8 Å². The predicted molar refractivity (Wildman–Crippen MR) is 103 cm³/mol. The number of rotatable bonds is 4. The Labute approximate surface area is 169 Å². The van der Waals surface area contributed by atoms with Crippen molar-refractivity contribution < 1.29 is 18.9 Å². The molecule has 0 unspecified atom stereocenters. The molecule has 2 fully saturated rings. The van der Waals surface area contributed by atoms with E-state index in [0.29, 0.717) is 17.1 Å². The standard InChI is InChI=1S/C20H14ClN3O5/c21-14-5-3-10(8-15(14)24(27)28)16-6-4-13(29-16)9-22-23-19(25)17-11-1-2-12(7-11)18(17)20(23)26/h1-6,8-9,11-12,17-18H,7H2/b22-9-/t11-,12-,17+,18+/m0/s1. The van der Waals surface area contributed by atoms with Gasteiger partial charge >= 0.3 is 0 Å². The Morgan fingerprint density at radius 1 is 1.14 bits per heavy atom. The van der Waals surface area contributed by atoms with Gasteiger partial charge in [0.1, 0.15) is 16.5 Å². The zero-order valence-corrected chi connectivity index (χ0v) is 15.7. The lowest BCUT2D eigenvalue weighted by atomic mass is 9.85. The van der Waals surface area contributed by atoms with Gasteiger partial charge in [0.25, 0.3) is 17.5 Å². The van der Waals surface area contributed by atoms with Crippen LogP contribution in [0.4, 0.5) is 5.69 Å². The summed E-state index contributed by atoms with van der Waals surface area (Å²) in [7, 11) is 0. The number of nitro groups is 1. The molecule has 2 heterocycles. The van der Waals surface area contributed by atoms with Crippen LogP contribution in [0.5, 0.6) is 0 Å². The van der Waals surface area contributed by atoms with Crippen molar-refractivity contribution in [1.82, 2.24) is 5.01 Å². The maximum absolute atomic E-state index is 12.6. The van der Waals surface area contributed by atoms with Gasteiger partial charge in [-0.25, -0.2) is 0 Å². The Balaban J connectivity index is 1.37. The summed E-state index contributed by atoms with van der Waals surface area (Å²) in [6, 6.07) is 7.58. The van der Waals surface area contributed by atoms with Crippen LogP contribution in [0.1, 0.15) is 12.2 Å². The van der Waals surface area contributed by atoms with E-state index in [2.05, 4.69) is 5.10 Å². The van der Waals surface area contributed by atoms with Crippen molar-refractivity contribution in [3.8, 4) is 11.3 Å². The second kappa shape index (κ2) is 6.38. The molecule has 1 saturated carbocycles. The zero-order valence-electron chi connectivity index (χ0n) is 14.9. The number of allylic oxidation sites excluding steroid dienone is 2. The summed E-state index contributed by atoms with van der Waals surface area (Å²) in [5.74, 6) is -0.217. The number of benzene rings is 1. The molecule has 2 amide bonds. The highest BCUT2D eigenvalue weighted by Gasteiger charge is 2.59. The van der Waals surface area contributed by atoms with Crippen LogP contribution in [-0.2, 0) is 9.59 Å². The number of carbonyl (C=O) groups excluding carboxylic acids is 2. The smallest absolute Gasteiger partial charge is 0.288 e. The molecule has 1 aromatic carbocycles. The molecule has 29 heavy (non-hydrogen) atoms. The molecule has 0 radical (unpaired) electrons. The molecule has 1 aliphatic heterocycles. The molecule has 0 spiro atoms. The Kier molecular flexibility index (Phi) is 3.92. The number of imide groups is 1. The van der Waals surface area contributed by atoms with Crippen LogP contribution in [-0.4, -0.2) is 28.0 Å². The van der Waals surface area contributed by atoms with Gasteiger partial charge in [0, 0.05) is 11.6 Å². The summed E-state index contributed by atoms with van der Waals surface area (Å²) >= 11 is 5.83. The number of nitro benzene ring substituents is 1. The second-order valence-corrected chi connectivity index (χ2v) is 7.77. The van der Waals surface area contributed by atoms with Crippen molar-refractivity contribution in [2.24, 2.45) is 28.8 Å². The van der Waals surface area contributed by atoms with Crippen LogP contribution in [0.25, 0.3) is 11.3 Å². The summed E-state index contributed by atoms with van der Waals surface area (Å²) in [5, 5.41) is 16.1. The summed E-state index contributed by atoms with van der Waals surface area (Å²) < 4.78 is 5.65. The molecule has 2 aromatic rings. The third kappa shape index (κ3) is 2.71. The number of halogens is 1. The maximum Gasteiger partial charge on any atom is 0.288 e. The minimum Gasteiger partial charge on any atom is -0.455 e. The third-order valence-electron chi connectivity index (χ3n) is 5.80. The first kappa shape index (κ1) is 17.8. The summed E-state index contributed by atoms with van der Waals surface area (Å²) in [5.41, 5.74) is 0.255. The molecule has 4 atom stereocenters. The van der Waals surface area contributed by atoms with E-state index in [1.54, 1.807) is 18.2 Å². The van der Waals surface area contributed by atoms with Gasteiger partial charge in [-0.15, -0.1) is 0 Å². The Bertz CT molecular complexity index is 1090. The highest BCUT2D eigenvalue weighted by atomic mass is 35.5. The highest BCUT2D eigenvalue weighted by Crippen LogP contribution is 2.52. The number of hydrogen-bond donors (Lipinski definition) is 0. The van der Waals surface area contributed by atoms with Gasteiger partial charge in [-0.3, -0.25) is 19.7 Å². The van der Waals surface area contributed by atoms with Crippen molar-refractivity contribution in [3.05, 3.63) is 63.4 Å². The van der Waals surface area contributed by atoms with Crippen LogP contribution in [0.2, 0.25) is 5.02 Å². The monoisotopic (exact) mass is 411 g/mol. The molecule has 2 bridgehead atoms. The van der Waals surface area contributed by atoms with Gasteiger partial charge in [-0.05, 0) is 42.5 Å². The van der Waals surface area contributed by atoms with E-state index >= 15 is 0 Å². The van der Waals surface area contributed by atoms with Crippen LogP contribution in [0.3, 0.4) is 0 Å². The van der Waals surface area contributed by atoms with Crippen molar-refractivity contribution in [1.29, 1.82) is 0 Å². The van der Waals surface area contributed by atoms with E-state index in [4.69, 9.17) is 16.0 Å². The summed E-state index contributed by atoms with van der Waals surface area (Å²) in [6.45, 7) is 0. The fraction of sp³-hybridized carbons (Fsp3) is 0.250. The Morgan fingerprint density at radius 3 is 2.48 bits per heavy atom. The number of nitrogens with zero attached hydrogens (tertiary/aromatic N) is 3. The minimum absolute atomic E-state index is 0.0344. The van der Waals surface area contributed by atoms with E-state index in [-0.39, 0.29) is 46.2 Å². The molecule has 5 rings (SSSR count). The SMILES string of the molecule is O=C1[C@H]2[C@H](C(=O)N1/N=C\c1ccc(-c3ccc(Cl)c([N+](=O)[O-])c3)o1)[C@H]1C=C[C@H]2C1. The first-order chi connectivity index (χ1) is 13.9. The topological polar surface area (TPSA) is 106 Å². The number of amides is 2. The first-order valence-electron chi connectivity index (χ1n) is 9.08. The van der Waals surface area contributed by atoms with E-state index in [1.807, 2.05) is 12.2 Å². The predicted octanol–water partition coefficient (Wildman–Crippen LogP) is 3.65. The molecule has 1 aromatic heterocycles. The lowest BCUT2D eigenvalue weighted by molar-refractivity contribution is -0.384. The minimum atomic E-state index is -0.569. The molecule has 2 aliphatic carbocycles. The normalized spacial score (nSPS) is 27.4. The number of fused-ring (bicyclic) bond motifs is 5. The number of furan rings is 1. The van der Waals surface area contributed by atoms with Gasteiger partial charge in [0.2, 0.25) is 0 Å². The van der Waals surface area contributed by atoms with Crippen LogP contribution < -0.4 is 0 Å². The van der Waals surface area contributed by atoms with Crippen LogP contribution >= 0.6 is 11.6 Å². The second-order valence-electron chi connectivity index (χ2n) is 7.36. The maximum atomic E-state index is 12.6. The van der Waals surface area contributed by atoms with Crippen molar-refractivity contribution >= 4 is 35.3 Å². The zero-order chi connectivity index (χ0) is 20.3. The molecule has 1 saturated heterocycles. The molecular weight excluding hydrogens is 398 g/mol. The van der Waals surface area contributed by atoms with Gasteiger partial charge < -0.3 is 4.42 Å². The average molecular weight is 412 g/mol. The van der Waals surface area contributed by atoms with Crippen molar-refractivity contribution in [2.75, 3.05) is 0 Å². The molecule has 9 heteroatoms. The van der Waals surface area contributed by atoms with Gasteiger partial charge in [-0.1, -0.05) is 23.8 Å². The molecule has 3 aliphatic rings. The lowest BCUT2D eigenvalue weighted by Gasteiger charge is -2.13. The number of hydrogen-bond acceptors (Lipinski definition) is 6. The first-order valence-corrected chi connectivity index (χ1v) is 9.46. The van der Waals surface area contributed by atoms with E-state index < -0.39 is 4.92 Å². The van der Waals surface area contributed by atoms with Gasteiger partial charge in [-0.2, -0.15) is 10.1 Å². The fourth-order valence-electron chi connectivity index (χ4n) is 4.50. The van der Waals surface area contributed by atoms with Gasteiger partial charge in [0.05, 0.1) is 23.0 Å². The average Bonchev–Trinajstić information content (AvgIpc) is 3.46. The van der Waals surface area contributed by atoms with E-state index in [1.165, 1.54) is 18.3 Å². The summed E-state index contributed by atoms with van der Waals surface area (Å²) in [6.07, 6.45) is 6.21. The van der Waals surface area contributed by atoms with Crippen molar-refractivity contribution in [2.45, 2.75) is 6.42 Å². The quantitative estimate of drug-likeness (QED) is 0.251. The molecule has 0 N–H and O–H groups in total.